The van der Waals surface area contributed by atoms with Crippen LogP contribution in [0.25, 0.3) is 0 Å². The highest BCUT2D eigenvalue weighted by Crippen LogP contribution is 2.13. The van der Waals surface area contributed by atoms with Gasteiger partial charge in [0.15, 0.2) is 0 Å². The zero-order valence-corrected chi connectivity index (χ0v) is 9.19. The Morgan fingerprint density at radius 3 is 3.00 bits per heavy atom. The van der Waals surface area contributed by atoms with Crippen molar-refractivity contribution in [3.8, 4) is 5.75 Å². The van der Waals surface area contributed by atoms with Gasteiger partial charge in [-0.25, -0.2) is 0 Å². The van der Waals surface area contributed by atoms with Crippen LogP contribution >= 0.6 is 12.8 Å². The Hall–Kier alpha value is -1.49. The molecule has 0 saturated carbocycles. The molecule has 1 heterocycles. The summed E-state index contributed by atoms with van der Waals surface area (Å²) < 4.78 is 6.89. The van der Waals surface area contributed by atoms with Crippen molar-refractivity contribution in [2.75, 3.05) is 0 Å². The lowest BCUT2D eigenvalue weighted by atomic mass is 10.2. The van der Waals surface area contributed by atoms with Crippen molar-refractivity contribution in [1.29, 1.82) is 0 Å². The minimum atomic E-state index is 0.407. The van der Waals surface area contributed by atoms with Crippen LogP contribution in [0.15, 0.2) is 30.5 Å². The molecule has 2 aromatic rings. The number of aromatic nitrogens is 3. The Morgan fingerprint density at radius 2 is 2.33 bits per heavy atom. The summed E-state index contributed by atoms with van der Waals surface area (Å²) in [6.45, 7) is 2.43. The minimum absolute atomic E-state index is 0.407. The molecule has 0 radical (unpaired) electrons. The smallest absolute Gasteiger partial charge is 0.134 e. The topological polar surface area (TPSA) is 39.9 Å². The number of nitrogens with zero attached hydrogens (tertiary/aromatic N) is 3. The molecule has 0 amide bonds. The summed E-state index contributed by atoms with van der Waals surface area (Å²) in [4.78, 5) is 0. The standard InChI is InChI=1S/C10H11N3OS/c1-8-3-2-4-10(5-8)14-7-9-6-13(15)12-11-9/h2-6,15H,7H2,1H3. The molecule has 0 bridgehead atoms. The van der Waals surface area contributed by atoms with Gasteiger partial charge in [0.2, 0.25) is 0 Å². The van der Waals surface area contributed by atoms with Gasteiger partial charge < -0.3 is 4.74 Å². The summed E-state index contributed by atoms with van der Waals surface area (Å²) in [5, 5.41) is 7.56. The fourth-order valence-electron chi connectivity index (χ4n) is 1.22. The second kappa shape index (κ2) is 4.35. The molecule has 0 aliphatic carbocycles. The minimum Gasteiger partial charge on any atom is -0.487 e. The second-order valence-electron chi connectivity index (χ2n) is 3.24. The van der Waals surface area contributed by atoms with E-state index in [0.29, 0.717) is 6.61 Å². The number of benzene rings is 1. The molecule has 0 saturated heterocycles. The molecule has 0 aliphatic heterocycles. The van der Waals surface area contributed by atoms with Gasteiger partial charge in [0.05, 0.1) is 6.20 Å². The maximum Gasteiger partial charge on any atom is 0.134 e. The zero-order chi connectivity index (χ0) is 10.7. The van der Waals surface area contributed by atoms with Crippen LogP contribution in [0.4, 0.5) is 0 Å². The molecule has 0 unspecified atom stereocenters. The summed E-state index contributed by atoms with van der Waals surface area (Å²) in [7, 11) is 0. The molecule has 1 aromatic heterocycles. The van der Waals surface area contributed by atoms with Crippen LogP contribution in [0.3, 0.4) is 0 Å². The largest absolute Gasteiger partial charge is 0.487 e. The van der Waals surface area contributed by atoms with Crippen molar-refractivity contribution in [3.05, 3.63) is 41.7 Å². The first-order valence-corrected chi connectivity index (χ1v) is 4.94. The molecule has 1 aromatic carbocycles. The first-order valence-electron chi connectivity index (χ1n) is 4.54. The van der Waals surface area contributed by atoms with Crippen LogP contribution in [0.2, 0.25) is 0 Å². The fourth-order valence-corrected chi connectivity index (χ4v) is 1.39. The number of aryl methyl sites for hydroxylation is 1. The molecule has 0 aliphatic rings. The van der Waals surface area contributed by atoms with E-state index in [9.17, 15) is 0 Å². The van der Waals surface area contributed by atoms with Crippen molar-refractivity contribution in [2.45, 2.75) is 13.5 Å². The summed E-state index contributed by atoms with van der Waals surface area (Å²) in [5.74, 6) is 0.837. The Bertz CT molecular complexity index is 455. The van der Waals surface area contributed by atoms with Gasteiger partial charge >= 0.3 is 0 Å². The van der Waals surface area contributed by atoms with Gasteiger partial charge in [-0.05, 0) is 37.4 Å². The van der Waals surface area contributed by atoms with Crippen molar-refractivity contribution < 1.29 is 4.74 Å². The predicted octanol–water partition coefficient (Wildman–Crippen LogP) is 1.86. The third-order valence-electron chi connectivity index (χ3n) is 1.91. The molecule has 78 valence electrons. The van der Waals surface area contributed by atoms with Crippen molar-refractivity contribution in [2.24, 2.45) is 0 Å². The monoisotopic (exact) mass is 221 g/mol. The number of hydrogen-bond donors (Lipinski definition) is 1. The SMILES string of the molecule is Cc1cccc(OCc2cn(S)nn2)c1. The molecule has 0 N–H and O–H groups in total. The van der Waals surface area contributed by atoms with E-state index in [1.54, 1.807) is 6.20 Å². The second-order valence-corrected chi connectivity index (χ2v) is 3.65. The zero-order valence-electron chi connectivity index (χ0n) is 8.29. The van der Waals surface area contributed by atoms with Gasteiger partial charge in [0.25, 0.3) is 0 Å². The lowest BCUT2D eigenvalue weighted by Crippen LogP contribution is -1.95. The van der Waals surface area contributed by atoms with Gasteiger partial charge in [-0.3, -0.25) is 0 Å². The normalized spacial score (nSPS) is 10.3. The van der Waals surface area contributed by atoms with E-state index in [-0.39, 0.29) is 0 Å². The first kappa shape index (κ1) is 10.0. The number of ether oxygens (including phenoxy) is 1. The molecule has 0 fully saturated rings. The molecule has 0 atom stereocenters. The maximum atomic E-state index is 5.54. The van der Waals surface area contributed by atoms with E-state index < -0.39 is 0 Å². The summed E-state index contributed by atoms with van der Waals surface area (Å²) >= 11 is 3.99. The Morgan fingerprint density at radius 1 is 1.47 bits per heavy atom. The average Bonchev–Trinajstić information content (AvgIpc) is 2.62. The highest BCUT2D eigenvalue weighted by molar-refractivity contribution is 7.78. The summed E-state index contributed by atoms with van der Waals surface area (Å²) in [5.41, 5.74) is 1.93. The molecule has 0 spiro atoms. The number of thiol groups is 1. The van der Waals surface area contributed by atoms with E-state index in [2.05, 4.69) is 23.1 Å². The maximum absolute atomic E-state index is 5.54. The van der Waals surface area contributed by atoms with Crippen molar-refractivity contribution in [1.82, 2.24) is 14.4 Å². The van der Waals surface area contributed by atoms with E-state index >= 15 is 0 Å². The van der Waals surface area contributed by atoms with Crippen LogP contribution in [-0.2, 0) is 6.61 Å². The number of hydrogen-bond acceptors (Lipinski definition) is 4. The van der Waals surface area contributed by atoms with Gasteiger partial charge in [-0.15, -0.1) is 5.10 Å². The molecule has 5 heteroatoms. The molecule has 2 rings (SSSR count). The number of rotatable bonds is 3. The molecular formula is C10H11N3OS. The van der Waals surface area contributed by atoms with E-state index in [1.807, 2.05) is 31.2 Å². The van der Waals surface area contributed by atoms with Crippen LogP contribution in [0, 0.1) is 6.92 Å². The highest BCUT2D eigenvalue weighted by Gasteiger charge is 2.00. The Kier molecular flexibility index (Phi) is 2.91. The molecular weight excluding hydrogens is 210 g/mol. The van der Waals surface area contributed by atoms with Crippen molar-refractivity contribution >= 4 is 12.8 Å². The van der Waals surface area contributed by atoms with E-state index in [4.69, 9.17) is 4.74 Å². The lowest BCUT2D eigenvalue weighted by molar-refractivity contribution is 0.301. The van der Waals surface area contributed by atoms with Gasteiger partial charge in [0.1, 0.15) is 18.1 Å². The van der Waals surface area contributed by atoms with Gasteiger partial charge in [0, 0.05) is 0 Å². The molecule has 4 nitrogen and oxygen atoms in total. The quantitative estimate of drug-likeness (QED) is 0.804. The van der Waals surface area contributed by atoms with E-state index in [1.165, 1.54) is 9.65 Å². The van der Waals surface area contributed by atoms with Crippen LogP contribution in [0.1, 0.15) is 11.3 Å². The summed E-state index contributed by atoms with van der Waals surface area (Å²) in [6.07, 6.45) is 1.71. The van der Waals surface area contributed by atoms with Crippen LogP contribution in [-0.4, -0.2) is 14.4 Å². The van der Waals surface area contributed by atoms with E-state index in [0.717, 1.165) is 11.4 Å². The Labute approximate surface area is 93.4 Å². The fraction of sp³-hybridized carbons (Fsp3) is 0.200. The highest BCUT2D eigenvalue weighted by atomic mass is 32.1. The third kappa shape index (κ3) is 2.73. The van der Waals surface area contributed by atoms with Crippen LogP contribution < -0.4 is 4.74 Å². The van der Waals surface area contributed by atoms with Crippen LogP contribution in [0.5, 0.6) is 5.75 Å². The summed E-state index contributed by atoms with van der Waals surface area (Å²) in [6, 6.07) is 7.88. The van der Waals surface area contributed by atoms with Crippen molar-refractivity contribution in [3.63, 3.8) is 0 Å². The predicted molar refractivity (Wildman–Crippen MR) is 59.9 cm³/mol. The third-order valence-corrected chi connectivity index (χ3v) is 2.10. The first-order chi connectivity index (χ1) is 7.24. The Balaban J connectivity index is 1.99. The lowest BCUT2D eigenvalue weighted by Gasteiger charge is -2.03. The molecule has 15 heavy (non-hydrogen) atoms. The van der Waals surface area contributed by atoms with Gasteiger partial charge in [-0.1, -0.05) is 17.3 Å². The average molecular weight is 221 g/mol. The van der Waals surface area contributed by atoms with Gasteiger partial charge in [-0.2, -0.15) is 4.09 Å².